The fourth-order valence-corrected chi connectivity index (χ4v) is 3.93. The normalized spacial score (nSPS) is 17.0. The van der Waals surface area contributed by atoms with Crippen LogP contribution < -0.4 is 5.56 Å². The Bertz CT molecular complexity index is 1030. The van der Waals surface area contributed by atoms with Gasteiger partial charge in [0.15, 0.2) is 0 Å². The number of nitrogens with zero attached hydrogens (tertiary/aromatic N) is 1. The molecule has 0 spiro atoms. The highest BCUT2D eigenvalue weighted by Gasteiger charge is 2.30. The first-order valence-corrected chi connectivity index (χ1v) is 9.18. The van der Waals surface area contributed by atoms with Gasteiger partial charge in [-0.3, -0.25) is 9.59 Å². The van der Waals surface area contributed by atoms with Crippen molar-refractivity contribution in [1.82, 2.24) is 9.88 Å². The van der Waals surface area contributed by atoms with Gasteiger partial charge in [0.05, 0.1) is 0 Å². The van der Waals surface area contributed by atoms with E-state index < -0.39 is 0 Å². The molecule has 1 N–H and O–H groups in total. The molecule has 1 fully saturated rings. The summed E-state index contributed by atoms with van der Waals surface area (Å²) >= 11 is 6.28. The van der Waals surface area contributed by atoms with Crippen molar-refractivity contribution in [2.75, 3.05) is 6.54 Å². The lowest BCUT2D eigenvalue weighted by molar-refractivity contribution is 0.0730. The Kier molecular flexibility index (Phi) is 4.51. The van der Waals surface area contributed by atoms with Gasteiger partial charge in [0.25, 0.3) is 11.5 Å². The van der Waals surface area contributed by atoms with Crippen molar-refractivity contribution in [3.63, 3.8) is 0 Å². The number of amides is 1. The molecule has 2 heterocycles. The molecule has 1 aromatic heterocycles. The van der Waals surface area contributed by atoms with Crippen LogP contribution in [0.15, 0.2) is 59.4 Å². The van der Waals surface area contributed by atoms with Gasteiger partial charge in [-0.25, -0.2) is 0 Å². The smallest absolute Gasteiger partial charge is 0.270 e. The van der Waals surface area contributed by atoms with Crippen molar-refractivity contribution in [2.45, 2.75) is 25.3 Å². The maximum Gasteiger partial charge on any atom is 0.270 e. The fourth-order valence-electron chi connectivity index (χ4n) is 3.71. The summed E-state index contributed by atoms with van der Waals surface area (Å²) in [5.41, 5.74) is 1.17. The van der Waals surface area contributed by atoms with Crippen LogP contribution >= 0.6 is 11.6 Å². The van der Waals surface area contributed by atoms with Crippen LogP contribution in [0, 0.1) is 0 Å². The predicted octanol–water partition coefficient (Wildman–Crippen LogP) is 4.03. The number of aromatic amines is 1. The number of benzene rings is 2. The highest BCUT2D eigenvalue weighted by molar-refractivity contribution is 6.31. The molecule has 26 heavy (non-hydrogen) atoms. The maximum absolute atomic E-state index is 13.1. The number of nitrogens with one attached hydrogen (secondary N) is 1. The predicted molar refractivity (Wildman–Crippen MR) is 104 cm³/mol. The van der Waals surface area contributed by atoms with Gasteiger partial charge in [0.2, 0.25) is 0 Å². The molecule has 1 unspecified atom stereocenters. The van der Waals surface area contributed by atoms with Gasteiger partial charge < -0.3 is 9.88 Å². The molecule has 132 valence electrons. The lowest BCUT2D eigenvalue weighted by Gasteiger charge is -2.25. The minimum absolute atomic E-state index is 0.0948. The van der Waals surface area contributed by atoms with Crippen molar-refractivity contribution >= 4 is 28.3 Å². The van der Waals surface area contributed by atoms with Crippen LogP contribution in [-0.4, -0.2) is 28.4 Å². The van der Waals surface area contributed by atoms with E-state index in [1.165, 1.54) is 0 Å². The summed E-state index contributed by atoms with van der Waals surface area (Å²) < 4.78 is 0. The first-order chi connectivity index (χ1) is 12.6. The van der Waals surface area contributed by atoms with Gasteiger partial charge in [-0.2, -0.15) is 0 Å². The number of rotatable bonds is 3. The summed E-state index contributed by atoms with van der Waals surface area (Å²) in [6.07, 6.45) is 2.62. The molecule has 1 atom stereocenters. The molecule has 0 aliphatic carbocycles. The second-order valence-corrected chi connectivity index (χ2v) is 7.10. The van der Waals surface area contributed by atoms with Gasteiger partial charge >= 0.3 is 0 Å². The first kappa shape index (κ1) is 16.9. The van der Waals surface area contributed by atoms with Crippen molar-refractivity contribution < 1.29 is 4.79 Å². The number of halogens is 1. The number of hydrogen-bond acceptors (Lipinski definition) is 2. The lowest BCUT2D eigenvalue weighted by atomic mass is 10.0. The monoisotopic (exact) mass is 366 g/mol. The topological polar surface area (TPSA) is 53.2 Å². The summed E-state index contributed by atoms with van der Waals surface area (Å²) in [7, 11) is 0. The van der Waals surface area contributed by atoms with Crippen LogP contribution in [0.5, 0.6) is 0 Å². The average Bonchev–Trinajstić information content (AvgIpc) is 3.11. The quantitative estimate of drug-likeness (QED) is 0.760. The lowest BCUT2D eigenvalue weighted by Crippen LogP contribution is -2.38. The van der Waals surface area contributed by atoms with E-state index in [4.69, 9.17) is 11.6 Å². The number of aromatic nitrogens is 1. The van der Waals surface area contributed by atoms with E-state index in [2.05, 4.69) is 4.98 Å². The van der Waals surface area contributed by atoms with Gasteiger partial charge in [0, 0.05) is 23.0 Å². The van der Waals surface area contributed by atoms with Crippen molar-refractivity contribution in [3.05, 3.63) is 81.2 Å². The summed E-state index contributed by atoms with van der Waals surface area (Å²) in [6, 6.07) is 16.9. The Morgan fingerprint density at radius 3 is 2.77 bits per heavy atom. The van der Waals surface area contributed by atoms with Crippen molar-refractivity contribution in [3.8, 4) is 0 Å². The first-order valence-electron chi connectivity index (χ1n) is 8.80. The average molecular weight is 367 g/mol. The third-order valence-electron chi connectivity index (χ3n) is 5.04. The molecule has 1 amide bonds. The molecule has 4 nitrogen and oxygen atoms in total. The third kappa shape index (κ3) is 3.13. The second kappa shape index (κ2) is 6.96. The molecule has 2 aromatic carbocycles. The van der Waals surface area contributed by atoms with Crippen LogP contribution in [0.2, 0.25) is 5.02 Å². The van der Waals surface area contributed by atoms with E-state index in [0.29, 0.717) is 17.6 Å². The number of H-pyrrole nitrogens is 1. The SMILES string of the molecule is O=C(c1cc2ccccc2c(=O)[nH]1)N1CCCC1Cc1ccccc1Cl. The van der Waals surface area contributed by atoms with E-state index in [0.717, 1.165) is 35.2 Å². The zero-order valence-corrected chi connectivity index (χ0v) is 15.0. The second-order valence-electron chi connectivity index (χ2n) is 6.69. The van der Waals surface area contributed by atoms with Crippen molar-refractivity contribution in [1.29, 1.82) is 0 Å². The van der Waals surface area contributed by atoms with Gasteiger partial charge in [-0.05, 0) is 48.4 Å². The molecule has 0 radical (unpaired) electrons. The molecular formula is C21H19ClN2O2. The number of likely N-dealkylation sites (tertiary alicyclic amines) is 1. The Hall–Kier alpha value is -2.59. The standard InChI is InChI=1S/C21H19ClN2O2/c22-18-10-4-2-7-15(18)12-16-8-5-11-24(16)21(26)19-13-14-6-1-3-9-17(14)20(25)23-19/h1-4,6-7,9-10,13,16H,5,8,11-12H2,(H,23,25). The van der Waals surface area contributed by atoms with Gasteiger partial charge in [-0.1, -0.05) is 48.0 Å². The Morgan fingerprint density at radius 1 is 1.15 bits per heavy atom. The van der Waals surface area contributed by atoms with E-state index in [9.17, 15) is 9.59 Å². The van der Waals surface area contributed by atoms with E-state index in [1.807, 2.05) is 47.4 Å². The van der Waals surface area contributed by atoms with Gasteiger partial charge in [0.1, 0.15) is 5.69 Å². The molecule has 1 saturated heterocycles. The molecular weight excluding hydrogens is 348 g/mol. The largest absolute Gasteiger partial charge is 0.334 e. The molecule has 3 aromatic rings. The minimum atomic E-state index is -0.228. The fraction of sp³-hybridized carbons (Fsp3) is 0.238. The van der Waals surface area contributed by atoms with Gasteiger partial charge in [-0.15, -0.1) is 0 Å². The summed E-state index contributed by atoms with van der Waals surface area (Å²) in [6.45, 7) is 0.697. The summed E-state index contributed by atoms with van der Waals surface area (Å²) in [5.74, 6) is -0.123. The number of carbonyl (C=O) groups excluding carboxylic acids is 1. The Morgan fingerprint density at radius 2 is 1.92 bits per heavy atom. The molecule has 1 aliphatic rings. The molecule has 0 bridgehead atoms. The van der Waals surface area contributed by atoms with E-state index >= 15 is 0 Å². The number of hydrogen-bond donors (Lipinski definition) is 1. The Labute approximate surface area is 156 Å². The molecule has 0 saturated carbocycles. The van der Waals surface area contributed by atoms with Crippen LogP contribution in [-0.2, 0) is 6.42 Å². The third-order valence-corrected chi connectivity index (χ3v) is 5.40. The molecule has 5 heteroatoms. The van der Waals surface area contributed by atoms with Crippen LogP contribution in [0.3, 0.4) is 0 Å². The van der Waals surface area contributed by atoms with Crippen LogP contribution in [0.4, 0.5) is 0 Å². The van der Waals surface area contributed by atoms with E-state index in [1.54, 1.807) is 12.1 Å². The highest BCUT2D eigenvalue weighted by Crippen LogP contribution is 2.26. The maximum atomic E-state index is 13.1. The molecule has 1 aliphatic heterocycles. The zero-order valence-electron chi connectivity index (χ0n) is 14.2. The minimum Gasteiger partial charge on any atom is -0.334 e. The number of carbonyl (C=O) groups is 1. The Balaban J connectivity index is 1.63. The van der Waals surface area contributed by atoms with E-state index in [-0.39, 0.29) is 17.5 Å². The number of fused-ring (bicyclic) bond motifs is 1. The summed E-state index contributed by atoms with van der Waals surface area (Å²) in [5, 5.41) is 2.10. The highest BCUT2D eigenvalue weighted by atomic mass is 35.5. The molecule has 4 rings (SSSR count). The number of pyridine rings is 1. The van der Waals surface area contributed by atoms with Crippen LogP contribution in [0.1, 0.15) is 28.9 Å². The van der Waals surface area contributed by atoms with Crippen molar-refractivity contribution in [2.24, 2.45) is 0 Å². The summed E-state index contributed by atoms with van der Waals surface area (Å²) in [4.78, 5) is 30.0. The van der Waals surface area contributed by atoms with Crippen LogP contribution in [0.25, 0.3) is 10.8 Å². The zero-order chi connectivity index (χ0) is 18.1.